The van der Waals surface area contributed by atoms with Crippen LogP contribution in [0.4, 0.5) is 13.2 Å². The third kappa shape index (κ3) is 3.72. The predicted molar refractivity (Wildman–Crippen MR) is 72.7 cm³/mol. The standard InChI is InChI=1S/C15H15F3N2O/c1-10(19)14(12-7-4-5-9-20-12)21-13-8-3-2-6-11(13)15(16,17)18/h2-10,14H,19H2,1H3. The number of para-hydroxylation sites is 1. The fraction of sp³-hybridized carbons (Fsp3) is 0.267. The Balaban J connectivity index is 2.35. The maximum absolute atomic E-state index is 13.0. The van der Waals surface area contributed by atoms with Gasteiger partial charge in [0, 0.05) is 12.2 Å². The number of halogens is 3. The molecule has 3 nitrogen and oxygen atoms in total. The van der Waals surface area contributed by atoms with E-state index >= 15 is 0 Å². The summed E-state index contributed by atoms with van der Waals surface area (Å²) in [7, 11) is 0. The van der Waals surface area contributed by atoms with Crippen molar-refractivity contribution in [1.82, 2.24) is 4.98 Å². The van der Waals surface area contributed by atoms with Gasteiger partial charge in [0.05, 0.1) is 11.3 Å². The van der Waals surface area contributed by atoms with Crippen LogP contribution in [0.5, 0.6) is 5.75 Å². The molecule has 2 N–H and O–H groups in total. The maximum Gasteiger partial charge on any atom is 0.419 e. The lowest BCUT2D eigenvalue weighted by molar-refractivity contribution is -0.139. The number of alkyl halides is 3. The highest BCUT2D eigenvalue weighted by molar-refractivity contribution is 5.36. The van der Waals surface area contributed by atoms with E-state index in [4.69, 9.17) is 10.5 Å². The van der Waals surface area contributed by atoms with Gasteiger partial charge in [0.15, 0.2) is 6.10 Å². The summed E-state index contributed by atoms with van der Waals surface area (Å²) < 4.78 is 44.4. The number of rotatable bonds is 4. The molecule has 0 radical (unpaired) electrons. The molecule has 0 aliphatic carbocycles. The summed E-state index contributed by atoms with van der Waals surface area (Å²) in [4.78, 5) is 4.10. The quantitative estimate of drug-likeness (QED) is 0.938. The summed E-state index contributed by atoms with van der Waals surface area (Å²) in [6, 6.07) is 9.67. The van der Waals surface area contributed by atoms with Crippen LogP contribution in [0.3, 0.4) is 0 Å². The molecule has 0 bridgehead atoms. The van der Waals surface area contributed by atoms with Crippen molar-refractivity contribution in [3.63, 3.8) is 0 Å². The summed E-state index contributed by atoms with van der Waals surface area (Å²) in [5.41, 5.74) is 5.49. The zero-order valence-electron chi connectivity index (χ0n) is 11.3. The van der Waals surface area contributed by atoms with Crippen LogP contribution in [0.25, 0.3) is 0 Å². The number of ether oxygens (including phenoxy) is 1. The Morgan fingerprint density at radius 1 is 1.10 bits per heavy atom. The lowest BCUT2D eigenvalue weighted by Gasteiger charge is -2.24. The molecule has 2 unspecified atom stereocenters. The third-order valence-electron chi connectivity index (χ3n) is 2.90. The van der Waals surface area contributed by atoms with E-state index in [1.165, 1.54) is 18.2 Å². The monoisotopic (exact) mass is 296 g/mol. The van der Waals surface area contributed by atoms with E-state index in [9.17, 15) is 13.2 Å². The van der Waals surface area contributed by atoms with Gasteiger partial charge in [0.1, 0.15) is 5.75 Å². The molecule has 1 heterocycles. The van der Waals surface area contributed by atoms with Crippen molar-refractivity contribution in [3.05, 3.63) is 59.9 Å². The van der Waals surface area contributed by atoms with E-state index in [2.05, 4.69) is 4.98 Å². The summed E-state index contributed by atoms with van der Waals surface area (Å²) in [5.74, 6) is -0.252. The largest absolute Gasteiger partial charge is 0.482 e. The Labute approximate surface area is 120 Å². The molecule has 112 valence electrons. The zero-order valence-corrected chi connectivity index (χ0v) is 11.3. The number of nitrogens with two attached hydrogens (primary N) is 1. The van der Waals surface area contributed by atoms with E-state index in [1.54, 1.807) is 31.3 Å². The van der Waals surface area contributed by atoms with Crippen molar-refractivity contribution in [3.8, 4) is 5.75 Å². The second kappa shape index (κ2) is 6.13. The average molecular weight is 296 g/mol. The molecule has 2 rings (SSSR count). The van der Waals surface area contributed by atoms with Gasteiger partial charge in [-0.15, -0.1) is 0 Å². The van der Waals surface area contributed by atoms with E-state index in [-0.39, 0.29) is 5.75 Å². The third-order valence-corrected chi connectivity index (χ3v) is 2.90. The number of benzene rings is 1. The van der Waals surface area contributed by atoms with Crippen molar-refractivity contribution >= 4 is 0 Å². The fourth-order valence-corrected chi connectivity index (χ4v) is 1.92. The highest BCUT2D eigenvalue weighted by Gasteiger charge is 2.35. The number of aromatic nitrogens is 1. The SMILES string of the molecule is CC(N)C(Oc1ccccc1C(F)(F)F)c1ccccn1. The van der Waals surface area contributed by atoms with Crippen LogP contribution < -0.4 is 10.5 Å². The summed E-state index contributed by atoms with van der Waals surface area (Å²) in [5, 5.41) is 0. The van der Waals surface area contributed by atoms with Gasteiger partial charge in [-0.25, -0.2) is 0 Å². The first-order chi connectivity index (χ1) is 9.89. The molecule has 2 atom stereocenters. The minimum Gasteiger partial charge on any atom is -0.482 e. The van der Waals surface area contributed by atoms with Gasteiger partial charge in [0.2, 0.25) is 0 Å². The Morgan fingerprint density at radius 3 is 2.33 bits per heavy atom. The van der Waals surface area contributed by atoms with Crippen LogP contribution in [0.1, 0.15) is 24.3 Å². The van der Waals surface area contributed by atoms with Gasteiger partial charge in [-0.3, -0.25) is 4.98 Å². The smallest absolute Gasteiger partial charge is 0.419 e. The topological polar surface area (TPSA) is 48.1 Å². The number of hydrogen-bond donors (Lipinski definition) is 1. The average Bonchev–Trinajstić information content (AvgIpc) is 2.44. The van der Waals surface area contributed by atoms with Gasteiger partial charge in [0.25, 0.3) is 0 Å². The highest BCUT2D eigenvalue weighted by atomic mass is 19.4. The number of hydrogen-bond acceptors (Lipinski definition) is 3. The lowest BCUT2D eigenvalue weighted by Crippen LogP contribution is -2.30. The molecule has 6 heteroatoms. The van der Waals surface area contributed by atoms with Crippen molar-refractivity contribution in [1.29, 1.82) is 0 Å². The van der Waals surface area contributed by atoms with Crippen LogP contribution in [-0.4, -0.2) is 11.0 Å². The Kier molecular flexibility index (Phi) is 4.47. The fourth-order valence-electron chi connectivity index (χ4n) is 1.92. The van der Waals surface area contributed by atoms with Crippen molar-refractivity contribution in [2.45, 2.75) is 25.2 Å². The van der Waals surface area contributed by atoms with Crippen LogP contribution in [-0.2, 0) is 6.18 Å². The van der Waals surface area contributed by atoms with E-state index in [1.807, 2.05) is 0 Å². The molecule has 1 aromatic heterocycles. The molecule has 0 aliphatic heterocycles. The molecular weight excluding hydrogens is 281 g/mol. The van der Waals surface area contributed by atoms with Crippen LogP contribution >= 0.6 is 0 Å². The molecule has 0 saturated heterocycles. The highest BCUT2D eigenvalue weighted by Crippen LogP contribution is 2.37. The number of nitrogens with zero attached hydrogens (tertiary/aromatic N) is 1. The molecule has 1 aromatic carbocycles. The Hall–Kier alpha value is -2.08. The van der Waals surface area contributed by atoms with Crippen LogP contribution in [0.2, 0.25) is 0 Å². The van der Waals surface area contributed by atoms with E-state index in [0.717, 1.165) is 6.07 Å². The van der Waals surface area contributed by atoms with Gasteiger partial charge < -0.3 is 10.5 Å². The predicted octanol–water partition coefficient (Wildman–Crippen LogP) is 3.57. The second-order valence-electron chi connectivity index (χ2n) is 4.65. The maximum atomic E-state index is 13.0. The molecule has 0 amide bonds. The Bertz CT molecular complexity index is 585. The minimum absolute atomic E-state index is 0.252. The molecule has 0 saturated carbocycles. The van der Waals surface area contributed by atoms with Crippen molar-refractivity contribution < 1.29 is 17.9 Å². The molecule has 0 spiro atoms. The van der Waals surface area contributed by atoms with Crippen LogP contribution in [0.15, 0.2) is 48.7 Å². The van der Waals surface area contributed by atoms with Gasteiger partial charge in [-0.05, 0) is 31.2 Å². The normalized spacial score (nSPS) is 14.5. The van der Waals surface area contributed by atoms with Gasteiger partial charge in [-0.1, -0.05) is 18.2 Å². The first-order valence-electron chi connectivity index (χ1n) is 6.39. The minimum atomic E-state index is -4.48. The summed E-state index contributed by atoms with van der Waals surface area (Å²) in [6.45, 7) is 1.66. The van der Waals surface area contributed by atoms with E-state index < -0.39 is 23.9 Å². The molecule has 0 aliphatic rings. The molecular formula is C15H15F3N2O. The number of pyridine rings is 1. The van der Waals surface area contributed by atoms with Crippen LogP contribution in [0, 0.1) is 0 Å². The molecule has 0 fully saturated rings. The van der Waals surface area contributed by atoms with Crippen molar-refractivity contribution in [2.24, 2.45) is 5.73 Å². The summed E-state index contributed by atoms with van der Waals surface area (Å²) in [6.07, 6.45) is -3.69. The zero-order chi connectivity index (χ0) is 15.5. The lowest BCUT2D eigenvalue weighted by atomic mass is 10.1. The molecule has 2 aromatic rings. The van der Waals surface area contributed by atoms with Gasteiger partial charge >= 0.3 is 6.18 Å². The second-order valence-corrected chi connectivity index (χ2v) is 4.65. The first kappa shape index (κ1) is 15.3. The summed E-state index contributed by atoms with van der Waals surface area (Å²) >= 11 is 0. The van der Waals surface area contributed by atoms with Gasteiger partial charge in [-0.2, -0.15) is 13.2 Å². The van der Waals surface area contributed by atoms with E-state index in [0.29, 0.717) is 5.69 Å². The first-order valence-corrected chi connectivity index (χ1v) is 6.39. The molecule has 21 heavy (non-hydrogen) atoms. The van der Waals surface area contributed by atoms with Crippen molar-refractivity contribution in [2.75, 3.05) is 0 Å². The Morgan fingerprint density at radius 2 is 1.76 bits per heavy atom.